The van der Waals surface area contributed by atoms with Crippen LogP contribution < -0.4 is 0 Å². The van der Waals surface area contributed by atoms with Crippen LogP contribution in [-0.2, 0) is 9.53 Å². The highest BCUT2D eigenvalue weighted by atomic mass is 16.5. The van der Waals surface area contributed by atoms with E-state index in [-0.39, 0.29) is 29.8 Å². The van der Waals surface area contributed by atoms with Gasteiger partial charge in [-0.25, -0.2) is 0 Å². The maximum Gasteiger partial charge on any atom is 0.312 e. The molecule has 0 spiro atoms. The van der Waals surface area contributed by atoms with Crippen molar-refractivity contribution in [3.05, 3.63) is 108 Å². The summed E-state index contributed by atoms with van der Waals surface area (Å²) in [6.07, 6.45) is -0.266. The van der Waals surface area contributed by atoms with Crippen LogP contribution in [0, 0.1) is 0 Å². The van der Waals surface area contributed by atoms with Gasteiger partial charge in [0.1, 0.15) is 0 Å². The zero-order valence-corrected chi connectivity index (χ0v) is 22.2. The second-order valence-corrected chi connectivity index (χ2v) is 9.38. The topological polar surface area (TPSA) is 66.8 Å². The highest BCUT2D eigenvalue weighted by Crippen LogP contribution is 2.26. The number of rotatable bonds is 6. The number of hydrogen-bond donors (Lipinski definition) is 2. The van der Waals surface area contributed by atoms with Crippen molar-refractivity contribution in [2.45, 2.75) is 71.0 Å². The third-order valence-corrected chi connectivity index (χ3v) is 6.26. The first-order valence-electron chi connectivity index (χ1n) is 12.1. The number of esters is 1. The molecular weight excluding hydrogens is 436 g/mol. The van der Waals surface area contributed by atoms with E-state index in [1.54, 1.807) is 0 Å². The number of ether oxygens (including phenoxy) is 1. The predicted molar refractivity (Wildman–Crippen MR) is 145 cm³/mol. The molecule has 0 amide bonds. The smallest absolute Gasteiger partial charge is 0.312 e. The summed E-state index contributed by atoms with van der Waals surface area (Å²) in [6.45, 7) is 11.4. The monoisotopic (exact) mass is 478 g/mol. The van der Waals surface area contributed by atoms with E-state index in [1.165, 1.54) is 18.2 Å². The molecule has 0 aliphatic heterocycles. The molecule has 3 rings (SSSR count). The van der Waals surface area contributed by atoms with Gasteiger partial charge in [-0.1, -0.05) is 105 Å². The summed E-state index contributed by atoms with van der Waals surface area (Å²) in [5.41, 5.74) is 2.73. The summed E-state index contributed by atoms with van der Waals surface area (Å²) in [5.74, 6) is 0.0484. The molecule has 0 radical (unpaired) electrons. The molecule has 3 aromatic rings. The van der Waals surface area contributed by atoms with Gasteiger partial charge in [-0.05, 0) is 44.4 Å². The third-order valence-electron chi connectivity index (χ3n) is 6.26. The molecule has 0 saturated carbocycles. The molecular formula is C31H42O4. The van der Waals surface area contributed by atoms with Gasteiger partial charge in [-0.2, -0.15) is 0 Å². The molecule has 0 heterocycles. The largest absolute Gasteiger partial charge is 0.469 e. The molecule has 2 N–H and O–H groups in total. The SMILES string of the molecule is COC(=O)[C@H](C)c1ccccc1.C[C@H](O)[C@H](C)c1ccccc1.C[C@H](c1ccccc1)C(C)(C)O. The Balaban J connectivity index is 0.000000263. The Kier molecular flexibility index (Phi) is 13.0. The molecule has 4 heteroatoms. The quantitative estimate of drug-likeness (QED) is 0.387. The summed E-state index contributed by atoms with van der Waals surface area (Å²) in [5, 5.41) is 19.0. The Morgan fingerprint density at radius 3 is 1.43 bits per heavy atom. The Hall–Kier alpha value is -2.95. The first-order chi connectivity index (χ1) is 16.5. The van der Waals surface area contributed by atoms with Gasteiger partial charge in [-0.3, -0.25) is 4.79 Å². The zero-order chi connectivity index (χ0) is 26.4. The second kappa shape index (κ2) is 15.1. The van der Waals surface area contributed by atoms with Gasteiger partial charge in [0.05, 0.1) is 24.7 Å². The van der Waals surface area contributed by atoms with E-state index >= 15 is 0 Å². The van der Waals surface area contributed by atoms with Gasteiger partial charge in [0, 0.05) is 11.8 Å². The van der Waals surface area contributed by atoms with E-state index in [0.717, 1.165) is 5.56 Å². The number of hydrogen-bond acceptors (Lipinski definition) is 4. The molecule has 4 atom stereocenters. The van der Waals surface area contributed by atoms with Crippen LogP contribution in [0.25, 0.3) is 0 Å². The van der Waals surface area contributed by atoms with Gasteiger partial charge >= 0.3 is 5.97 Å². The van der Waals surface area contributed by atoms with Gasteiger partial charge in [0.15, 0.2) is 0 Å². The van der Waals surface area contributed by atoms with E-state index in [0.29, 0.717) is 0 Å². The summed E-state index contributed by atoms with van der Waals surface area (Å²) in [4.78, 5) is 11.1. The van der Waals surface area contributed by atoms with E-state index in [2.05, 4.69) is 4.74 Å². The number of aliphatic hydroxyl groups is 2. The van der Waals surface area contributed by atoms with E-state index in [1.807, 2.05) is 133 Å². The maximum absolute atomic E-state index is 11.1. The van der Waals surface area contributed by atoms with E-state index < -0.39 is 5.60 Å². The van der Waals surface area contributed by atoms with Crippen LogP contribution in [0.4, 0.5) is 0 Å². The van der Waals surface area contributed by atoms with Gasteiger partial charge in [-0.15, -0.1) is 0 Å². The van der Waals surface area contributed by atoms with Gasteiger partial charge in [0.25, 0.3) is 0 Å². The lowest BCUT2D eigenvalue weighted by Crippen LogP contribution is -2.26. The maximum atomic E-state index is 11.1. The molecule has 3 aromatic carbocycles. The van der Waals surface area contributed by atoms with Crippen molar-refractivity contribution < 1.29 is 19.7 Å². The number of methoxy groups -OCH3 is 1. The fourth-order valence-corrected chi connectivity index (χ4v) is 3.24. The fourth-order valence-electron chi connectivity index (χ4n) is 3.24. The average molecular weight is 479 g/mol. The molecule has 0 aliphatic rings. The Bertz CT molecular complexity index is 948. The molecule has 190 valence electrons. The summed E-state index contributed by atoms with van der Waals surface area (Å²) in [6, 6.07) is 29.7. The first kappa shape index (κ1) is 30.1. The Morgan fingerprint density at radius 2 is 1.09 bits per heavy atom. The van der Waals surface area contributed by atoms with Crippen molar-refractivity contribution in [2.75, 3.05) is 7.11 Å². The third kappa shape index (κ3) is 10.9. The van der Waals surface area contributed by atoms with Crippen molar-refractivity contribution in [1.82, 2.24) is 0 Å². The molecule has 0 bridgehead atoms. The summed E-state index contributed by atoms with van der Waals surface area (Å²) in [7, 11) is 1.40. The predicted octanol–water partition coefficient (Wildman–Crippen LogP) is 6.70. The Morgan fingerprint density at radius 1 is 0.714 bits per heavy atom. The van der Waals surface area contributed by atoms with Crippen molar-refractivity contribution in [3.63, 3.8) is 0 Å². The summed E-state index contributed by atoms with van der Waals surface area (Å²) < 4.78 is 4.63. The number of carbonyl (C=O) groups is 1. The Labute approximate surface area is 211 Å². The molecule has 0 aromatic heterocycles. The number of carbonyl (C=O) groups excluding carboxylic acids is 1. The van der Waals surface area contributed by atoms with Crippen LogP contribution in [0.15, 0.2) is 91.0 Å². The van der Waals surface area contributed by atoms with E-state index in [4.69, 9.17) is 0 Å². The van der Waals surface area contributed by atoms with Crippen LogP contribution in [-0.4, -0.2) is 35.0 Å². The fraction of sp³-hybridized carbons (Fsp3) is 0.387. The zero-order valence-electron chi connectivity index (χ0n) is 22.2. The minimum Gasteiger partial charge on any atom is -0.469 e. The molecule has 0 unspecified atom stereocenters. The highest BCUT2D eigenvalue weighted by Gasteiger charge is 2.23. The van der Waals surface area contributed by atoms with Crippen LogP contribution >= 0.6 is 0 Å². The lowest BCUT2D eigenvalue weighted by Gasteiger charge is -2.26. The van der Waals surface area contributed by atoms with Gasteiger partial charge < -0.3 is 14.9 Å². The van der Waals surface area contributed by atoms with E-state index in [9.17, 15) is 15.0 Å². The average Bonchev–Trinajstić information content (AvgIpc) is 2.88. The van der Waals surface area contributed by atoms with Crippen LogP contribution in [0.2, 0.25) is 0 Å². The van der Waals surface area contributed by atoms with Crippen LogP contribution in [0.1, 0.15) is 76.0 Å². The summed E-state index contributed by atoms with van der Waals surface area (Å²) >= 11 is 0. The molecule has 0 fully saturated rings. The number of aliphatic hydroxyl groups excluding tert-OH is 1. The minimum atomic E-state index is -0.638. The molecule has 35 heavy (non-hydrogen) atoms. The number of benzene rings is 3. The standard InChI is InChI=1S/C11H16O.C10H12O2.C10H14O/c1-9(11(2,3)12)10-7-5-4-6-8-10;1-8(10(11)12-2)9-6-4-3-5-7-9;1-8(9(2)11)10-6-4-3-5-7-10/h4-9,12H,1-3H3;3-8H,1-2H3;3-9,11H,1-2H3/t9-;8-;8-,9-/m110/s1. The second-order valence-electron chi connectivity index (χ2n) is 9.38. The first-order valence-corrected chi connectivity index (χ1v) is 12.1. The van der Waals surface area contributed by atoms with Crippen molar-refractivity contribution in [1.29, 1.82) is 0 Å². The van der Waals surface area contributed by atoms with Crippen molar-refractivity contribution in [3.8, 4) is 0 Å². The minimum absolute atomic E-state index is 0.170. The lowest BCUT2D eigenvalue weighted by atomic mass is 9.87. The molecule has 4 nitrogen and oxygen atoms in total. The normalized spacial score (nSPS) is 14.1. The van der Waals surface area contributed by atoms with Crippen LogP contribution in [0.5, 0.6) is 0 Å². The molecule has 0 saturated heterocycles. The molecule has 0 aliphatic carbocycles. The van der Waals surface area contributed by atoms with Crippen molar-refractivity contribution >= 4 is 5.97 Å². The highest BCUT2D eigenvalue weighted by molar-refractivity contribution is 5.77. The van der Waals surface area contributed by atoms with Gasteiger partial charge in [0.2, 0.25) is 0 Å². The van der Waals surface area contributed by atoms with Crippen LogP contribution in [0.3, 0.4) is 0 Å². The lowest BCUT2D eigenvalue weighted by molar-refractivity contribution is -0.141. The van der Waals surface area contributed by atoms with Crippen molar-refractivity contribution in [2.24, 2.45) is 0 Å².